The van der Waals surface area contributed by atoms with Crippen LogP contribution in [0.25, 0.3) is 11.1 Å². The SMILES string of the molecule is COC(=O)CC(NC(=O)C1CCCN(C(=O)CCC2CCN(C(=O)OC(C)(C)C)CC2)C1)c1cncc(-c2ccccc2OCCF)c1. The molecular weight excluding hydrogens is 619 g/mol. The molecule has 0 spiro atoms. The quantitative estimate of drug-likeness (QED) is 0.295. The number of aromatic nitrogens is 1. The molecule has 262 valence electrons. The molecule has 2 saturated heterocycles. The van der Waals surface area contributed by atoms with Crippen LogP contribution in [0.4, 0.5) is 9.18 Å². The Kier molecular flexibility index (Phi) is 13.2. The van der Waals surface area contributed by atoms with Crippen LogP contribution in [0, 0.1) is 11.8 Å². The van der Waals surface area contributed by atoms with Crippen LogP contribution >= 0.6 is 0 Å². The summed E-state index contributed by atoms with van der Waals surface area (Å²) in [6.45, 7) is 6.99. The van der Waals surface area contributed by atoms with Crippen molar-refractivity contribution in [2.24, 2.45) is 11.8 Å². The summed E-state index contributed by atoms with van der Waals surface area (Å²) in [5.74, 6) is -0.282. The number of likely N-dealkylation sites (tertiary alicyclic amines) is 2. The number of ether oxygens (including phenoxy) is 3. The number of pyridine rings is 1. The number of benzene rings is 1. The number of nitrogens with one attached hydrogen (secondary N) is 1. The molecule has 2 unspecified atom stereocenters. The van der Waals surface area contributed by atoms with Crippen LogP contribution in [-0.4, -0.2) is 90.8 Å². The van der Waals surface area contributed by atoms with Crippen LogP contribution < -0.4 is 10.1 Å². The predicted molar refractivity (Wildman–Crippen MR) is 178 cm³/mol. The molecule has 2 aromatic rings. The topological polar surface area (TPSA) is 127 Å². The van der Waals surface area contributed by atoms with E-state index < -0.39 is 30.2 Å². The maximum Gasteiger partial charge on any atom is 0.410 e. The number of piperidine rings is 2. The number of para-hydroxylation sites is 1. The fourth-order valence-electron chi connectivity index (χ4n) is 6.20. The summed E-state index contributed by atoms with van der Waals surface area (Å²) in [7, 11) is 1.29. The fourth-order valence-corrected chi connectivity index (χ4v) is 6.20. The minimum Gasteiger partial charge on any atom is -0.490 e. The third-order valence-electron chi connectivity index (χ3n) is 8.79. The lowest BCUT2D eigenvalue weighted by molar-refractivity contribution is -0.141. The third-order valence-corrected chi connectivity index (χ3v) is 8.79. The van der Waals surface area contributed by atoms with Crippen molar-refractivity contribution in [1.29, 1.82) is 0 Å². The number of halogens is 1. The maximum atomic E-state index is 13.6. The molecule has 2 atom stereocenters. The average molecular weight is 669 g/mol. The van der Waals surface area contributed by atoms with Gasteiger partial charge in [-0.3, -0.25) is 19.4 Å². The number of methoxy groups -OCH3 is 1. The Labute approximate surface area is 282 Å². The zero-order valence-electron chi connectivity index (χ0n) is 28.5. The van der Waals surface area contributed by atoms with Crippen molar-refractivity contribution in [3.05, 3.63) is 48.3 Å². The van der Waals surface area contributed by atoms with E-state index in [0.29, 0.717) is 73.8 Å². The number of hydrogen-bond donors (Lipinski definition) is 1. The minimum absolute atomic E-state index is 0.0266. The van der Waals surface area contributed by atoms with Gasteiger partial charge in [0.25, 0.3) is 0 Å². The number of alkyl halides is 1. The Morgan fingerprint density at radius 3 is 2.50 bits per heavy atom. The third kappa shape index (κ3) is 10.6. The first-order valence-corrected chi connectivity index (χ1v) is 16.8. The Bertz CT molecular complexity index is 1410. The van der Waals surface area contributed by atoms with Crippen molar-refractivity contribution in [2.75, 3.05) is 46.6 Å². The van der Waals surface area contributed by atoms with Crippen LogP contribution in [0.3, 0.4) is 0 Å². The molecule has 1 N–H and O–H groups in total. The van der Waals surface area contributed by atoms with Crippen molar-refractivity contribution in [3.63, 3.8) is 0 Å². The molecule has 0 aliphatic carbocycles. The molecule has 3 amide bonds. The van der Waals surface area contributed by atoms with Gasteiger partial charge in [0.1, 0.15) is 24.6 Å². The highest BCUT2D eigenvalue weighted by Gasteiger charge is 2.32. The summed E-state index contributed by atoms with van der Waals surface area (Å²) in [6, 6.07) is 8.33. The van der Waals surface area contributed by atoms with E-state index in [0.717, 1.165) is 19.3 Å². The minimum atomic E-state index is -0.714. The van der Waals surface area contributed by atoms with Crippen LogP contribution in [0.2, 0.25) is 0 Å². The molecule has 48 heavy (non-hydrogen) atoms. The van der Waals surface area contributed by atoms with Gasteiger partial charge in [0.05, 0.1) is 25.5 Å². The number of carbonyl (C=O) groups is 4. The van der Waals surface area contributed by atoms with Gasteiger partial charge < -0.3 is 29.3 Å². The summed E-state index contributed by atoms with van der Waals surface area (Å²) in [5.41, 5.74) is 1.47. The average Bonchev–Trinajstić information content (AvgIpc) is 3.09. The highest BCUT2D eigenvalue weighted by atomic mass is 19.1. The van der Waals surface area contributed by atoms with E-state index in [4.69, 9.17) is 14.2 Å². The predicted octanol–water partition coefficient (Wildman–Crippen LogP) is 5.48. The van der Waals surface area contributed by atoms with E-state index >= 15 is 0 Å². The highest BCUT2D eigenvalue weighted by molar-refractivity contribution is 5.82. The monoisotopic (exact) mass is 668 g/mol. The van der Waals surface area contributed by atoms with Crippen molar-refractivity contribution < 1.29 is 37.8 Å². The Morgan fingerprint density at radius 1 is 1.04 bits per heavy atom. The van der Waals surface area contributed by atoms with Crippen LogP contribution in [0.15, 0.2) is 42.7 Å². The zero-order valence-corrected chi connectivity index (χ0v) is 28.5. The summed E-state index contributed by atoms with van der Waals surface area (Å²) in [4.78, 5) is 59.5. The van der Waals surface area contributed by atoms with Crippen molar-refractivity contribution in [3.8, 4) is 16.9 Å². The second-order valence-electron chi connectivity index (χ2n) is 13.5. The molecule has 0 bridgehead atoms. The molecule has 3 heterocycles. The van der Waals surface area contributed by atoms with Gasteiger partial charge >= 0.3 is 12.1 Å². The largest absolute Gasteiger partial charge is 0.490 e. The van der Waals surface area contributed by atoms with Gasteiger partial charge in [0.15, 0.2) is 0 Å². The fraction of sp³-hybridized carbons (Fsp3) is 0.583. The number of esters is 1. The summed E-state index contributed by atoms with van der Waals surface area (Å²) >= 11 is 0. The van der Waals surface area contributed by atoms with Gasteiger partial charge in [-0.2, -0.15) is 0 Å². The molecular formula is C36H49FN4O7. The second kappa shape index (κ2) is 17.3. The highest BCUT2D eigenvalue weighted by Crippen LogP contribution is 2.32. The van der Waals surface area contributed by atoms with E-state index in [1.165, 1.54) is 7.11 Å². The molecule has 0 radical (unpaired) electrons. The van der Waals surface area contributed by atoms with E-state index in [9.17, 15) is 23.6 Å². The lowest BCUT2D eigenvalue weighted by Crippen LogP contribution is -2.46. The second-order valence-corrected chi connectivity index (χ2v) is 13.5. The summed E-state index contributed by atoms with van der Waals surface area (Å²) in [6.07, 6.45) is 6.95. The van der Waals surface area contributed by atoms with Crippen molar-refractivity contribution in [2.45, 2.75) is 77.4 Å². The number of rotatable bonds is 12. The molecule has 2 aliphatic rings. The molecule has 12 heteroatoms. The number of hydrogen-bond acceptors (Lipinski definition) is 8. The first-order chi connectivity index (χ1) is 23.0. The number of amides is 3. The van der Waals surface area contributed by atoms with Gasteiger partial charge in [-0.1, -0.05) is 18.2 Å². The Morgan fingerprint density at radius 2 is 1.79 bits per heavy atom. The zero-order chi connectivity index (χ0) is 34.7. The number of carbonyl (C=O) groups excluding carboxylic acids is 4. The van der Waals surface area contributed by atoms with Crippen LogP contribution in [-0.2, 0) is 23.9 Å². The Hall–Kier alpha value is -4.22. The van der Waals surface area contributed by atoms with Gasteiger partial charge in [-0.25, -0.2) is 9.18 Å². The normalized spacial score (nSPS) is 17.7. The van der Waals surface area contributed by atoms with Gasteiger partial charge in [-0.15, -0.1) is 0 Å². The maximum absolute atomic E-state index is 13.6. The van der Waals surface area contributed by atoms with Crippen LogP contribution in [0.5, 0.6) is 5.75 Å². The lowest BCUT2D eigenvalue weighted by atomic mass is 9.91. The van der Waals surface area contributed by atoms with E-state index in [-0.39, 0.29) is 30.9 Å². The first kappa shape index (κ1) is 36.6. The molecule has 11 nitrogen and oxygen atoms in total. The molecule has 2 fully saturated rings. The molecule has 0 saturated carbocycles. The lowest BCUT2D eigenvalue weighted by Gasteiger charge is -2.35. The van der Waals surface area contributed by atoms with Gasteiger partial charge in [-0.05, 0) is 76.5 Å². The number of nitrogens with zero attached hydrogens (tertiary/aromatic N) is 3. The van der Waals surface area contributed by atoms with E-state index in [1.54, 1.807) is 34.3 Å². The first-order valence-electron chi connectivity index (χ1n) is 16.8. The Balaban J connectivity index is 1.35. The van der Waals surface area contributed by atoms with Crippen molar-refractivity contribution >= 4 is 23.9 Å². The van der Waals surface area contributed by atoms with E-state index in [2.05, 4.69) is 10.3 Å². The smallest absolute Gasteiger partial charge is 0.410 e. The van der Waals surface area contributed by atoms with Crippen LogP contribution in [0.1, 0.15) is 77.3 Å². The van der Waals surface area contributed by atoms with Gasteiger partial charge in [0, 0.05) is 56.1 Å². The molecule has 1 aromatic heterocycles. The summed E-state index contributed by atoms with van der Waals surface area (Å²) in [5, 5.41) is 3.03. The van der Waals surface area contributed by atoms with Crippen molar-refractivity contribution in [1.82, 2.24) is 20.1 Å². The summed E-state index contributed by atoms with van der Waals surface area (Å²) < 4.78 is 28.8. The van der Waals surface area contributed by atoms with E-state index in [1.807, 2.05) is 39.0 Å². The molecule has 4 rings (SSSR count). The standard InChI is InChI=1S/C36H49FN4O7/c1-36(2,3)48-35(45)40-17-13-25(14-18-40)11-12-32(42)41-16-7-8-26(24-41)34(44)39-30(21-33(43)46-4)28-20-27(22-38-23-28)29-9-5-6-10-31(29)47-19-15-37/h5-6,9-10,20,22-23,25-26,30H,7-8,11-19,21,24H2,1-4H3,(H,39,44). The molecule has 1 aromatic carbocycles. The van der Waals surface area contributed by atoms with Gasteiger partial charge in [0.2, 0.25) is 11.8 Å². The molecule has 2 aliphatic heterocycles.